The largest absolute Gasteiger partial charge is 0.501 e. The third-order valence-corrected chi connectivity index (χ3v) is 11.4. The number of rotatable bonds is 8. The van der Waals surface area contributed by atoms with Crippen molar-refractivity contribution >= 4 is 36.2 Å². The summed E-state index contributed by atoms with van der Waals surface area (Å²) in [5.74, 6) is 4.59. The van der Waals surface area contributed by atoms with E-state index >= 15 is 0 Å². The van der Waals surface area contributed by atoms with E-state index < -0.39 is 0 Å². The summed E-state index contributed by atoms with van der Waals surface area (Å²) >= 11 is 2.23. The highest BCUT2D eigenvalue weighted by Crippen LogP contribution is 2.67. The molecular weight excluding hydrogens is 531 g/mol. The van der Waals surface area contributed by atoms with Crippen LogP contribution in [0.5, 0.6) is 0 Å². The van der Waals surface area contributed by atoms with Crippen molar-refractivity contribution < 1.29 is 13.7 Å². The number of ether oxygens (including phenoxy) is 1. The smallest absolute Gasteiger partial charge is 0.136 e. The molecular formula is C27H43IO3S. The highest BCUT2D eigenvalue weighted by Gasteiger charge is 2.62. The third kappa shape index (κ3) is 4.57. The number of fused-ring (bicyclic) bond motifs is 5. The first-order valence-electron chi connectivity index (χ1n) is 13.1. The van der Waals surface area contributed by atoms with Gasteiger partial charge < -0.3 is 8.92 Å². The minimum atomic E-state index is 0.325. The number of Topliss-reactive ketones (excluding diaryl/α,β-unsaturated/α-hetero) is 1. The molecule has 32 heavy (non-hydrogen) atoms. The van der Waals surface area contributed by atoms with E-state index in [2.05, 4.69) is 48.1 Å². The quantitative estimate of drug-likeness (QED) is 0.166. The zero-order chi connectivity index (χ0) is 22.9. The van der Waals surface area contributed by atoms with Gasteiger partial charge in [0, 0.05) is 40.0 Å². The standard InChI is InChI=1S/C27H43IO3S/c1-5-7-20(30-4)9-6-8-18-10-11-22-25-23(13-15-26(18,22)2)27(3)14-12-21(31-32-28)16-19(27)17-24(25)29/h7,18-19,21-23,25H,5-6,8-17H2,1-4H3/b20-7+/t18?,19?,21-,22?,23?,25?,26?,27?/m1/s1. The number of ketones is 1. The topological polar surface area (TPSA) is 35.5 Å². The lowest BCUT2D eigenvalue weighted by Gasteiger charge is -2.60. The summed E-state index contributed by atoms with van der Waals surface area (Å²) in [7, 11) is 3.27. The minimum absolute atomic E-state index is 0.325. The Morgan fingerprint density at radius 3 is 2.62 bits per heavy atom. The van der Waals surface area contributed by atoms with Crippen molar-refractivity contribution in [3.05, 3.63) is 11.8 Å². The summed E-state index contributed by atoms with van der Waals surface area (Å²) in [6.07, 6.45) is 16.6. The van der Waals surface area contributed by atoms with Crippen molar-refractivity contribution in [2.45, 2.75) is 104 Å². The number of allylic oxidation sites excluding steroid dienone is 2. The summed E-state index contributed by atoms with van der Waals surface area (Å²) in [6, 6.07) is 0. The lowest BCUT2D eigenvalue weighted by Crippen LogP contribution is -2.57. The van der Waals surface area contributed by atoms with Crippen LogP contribution < -0.4 is 0 Å². The Morgan fingerprint density at radius 1 is 1.16 bits per heavy atom. The molecule has 0 heterocycles. The number of carbonyl (C=O) groups is 1. The molecule has 0 aromatic rings. The predicted molar refractivity (Wildman–Crippen MR) is 141 cm³/mol. The Hall–Kier alpha value is 0.250. The summed E-state index contributed by atoms with van der Waals surface area (Å²) in [6.45, 7) is 7.26. The van der Waals surface area contributed by atoms with Gasteiger partial charge >= 0.3 is 0 Å². The van der Waals surface area contributed by atoms with Crippen LogP contribution in [0.3, 0.4) is 0 Å². The van der Waals surface area contributed by atoms with Crippen molar-refractivity contribution in [1.82, 2.24) is 0 Å². The third-order valence-electron chi connectivity index (χ3n) is 10.5. The number of hydrogen-bond donors (Lipinski definition) is 0. The number of hydrogen-bond acceptors (Lipinski definition) is 4. The van der Waals surface area contributed by atoms with Crippen LogP contribution in [-0.4, -0.2) is 19.0 Å². The molecule has 3 nitrogen and oxygen atoms in total. The van der Waals surface area contributed by atoms with Crippen LogP contribution in [0.4, 0.5) is 0 Å². The van der Waals surface area contributed by atoms with Crippen LogP contribution >= 0.6 is 30.4 Å². The molecule has 0 saturated heterocycles. The summed E-state index contributed by atoms with van der Waals surface area (Å²) in [5.41, 5.74) is 0.700. The molecule has 0 amide bonds. The van der Waals surface area contributed by atoms with Gasteiger partial charge in [0.25, 0.3) is 0 Å². The van der Waals surface area contributed by atoms with Gasteiger partial charge in [0.15, 0.2) is 0 Å². The molecule has 8 atom stereocenters. The van der Waals surface area contributed by atoms with Gasteiger partial charge in [-0.1, -0.05) is 20.8 Å². The molecule has 0 N–H and O–H groups in total. The minimum Gasteiger partial charge on any atom is -0.501 e. The van der Waals surface area contributed by atoms with Crippen LogP contribution in [0.25, 0.3) is 0 Å². The van der Waals surface area contributed by atoms with Gasteiger partial charge in [-0.05, 0) is 105 Å². The normalized spacial score (nSPS) is 44.0. The summed E-state index contributed by atoms with van der Waals surface area (Å²) in [4.78, 5) is 13.6. The van der Waals surface area contributed by atoms with E-state index in [9.17, 15) is 4.79 Å². The molecule has 4 saturated carbocycles. The van der Waals surface area contributed by atoms with E-state index in [4.69, 9.17) is 8.92 Å². The molecule has 0 aromatic carbocycles. The Morgan fingerprint density at radius 2 is 1.91 bits per heavy atom. The molecule has 0 aromatic heterocycles. The fraction of sp³-hybridized carbons (Fsp3) is 0.889. The fourth-order valence-corrected chi connectivity index (χ4v) is 9.81. The molecule has 0 bridgehead atoms. The molecule has 182 valence electrons. The molecule has 4 rings (SSSR count). The molecule has 0 spiro atoms. The van der Waals surface area contributed by atoms with Gasteiger partial charge in [-0.15, -0.1) is 0 Å². The number of carbonyl (C=O) groups excluding carboxylic acids is 1. The Kier molecular flexibility index (Phi) is 8.30. The Balaban J connectivity index is 1.45. The monoisotopic (exact) mass is 574 g/mol. The lowest BCUT2D eigenvalue weighted by atomic mass is 9.44. The van der Waals surface area contributed by atoms with Gasteiger partial charge in [0.05, 0.1) is 28.2 Å². The molecule has 0 aliphatic heterocycles. The maximum atomic E-state index is 13.6. The van der Waals surface area contributed by atoms with E-state index in [0.717, 1.165) is 43.8 Å². The summed E-state index contributed by atoms with van der Waals surface area (Å²) in [5, 5.41) is 0. The van der Waals surface area contributed by atoms with E-state index in [1.165, 1.54) is 54.2 Å². The van der Waals surface area contributed by atoms with Gasteiger partial charge in [-0.2, -0.15) is 0 Å². The second-order valence-corrected chi connectivity index (χ2v) is 13.1. The van der Waals surface area contributed by atoms with Crippen molar-refractivity contribution in [1.29, 1.82) is 0 Å². The van der Waals surface area contributed by atoms with Gasteiger partial charge in [0.2, 0.25) is 0 Å². The Labute approximate surface area is 212 Å². The van der Waals surface area contributed by atoms with E-state index in [-0.39, 0.29) is 0 Å². The average Bonchev–Trinajstić information content (AvgIpc) is 3.10. The van der Waals surface area contributed by atoms with Crippen molar-refractivity contribution in [2.75, 3.05) is 7.11 Å². The SMILES string of the molecule is CC/C=C(\CCCC1CCC2C3C(=O)CC4C[C@H](OSI)CCC4(C)C3CCC12C)OC. The average molecular weight is 575 g/mol. The predicted octanol–water partition coefficient (Wildman–Crippen LogP) is 8.32. The Bertz CT molecular complexity index is 711. The molecule has 7 unspecified atom stereocenters. The van der Waals surface area contributed by atoms with Crippen molar-refractivity contribution in [3.8, 4) is 0 Å². The van der Waals surface area contributed by atoms with E-state index in [1.807, 2.05) is 0 Å². The zero-order valence-corrected chi connectivity index (χ0v) is 23.5. The first-order chi connectivity index (χ1) is 15.4. The molecule has 4 aliphatic rings. The summed E-state index contributed by atoms with van der Waals surface area (Å²) < 4.78 is 11.5. The maximum absolute atomic E-state index is 13.6. The highest BCUT2D eigenvalue weighted by atomic mass is 127. The van der Waals surface area contributed by atoms with Crippen LogP contribution in [0.1, 0.15) is 97.8 Å². The van der Waals surface area contributed by atoms with Gasteiger partial charge in [0.1, 0.15) is 5.78 Å². The first kappa shape index (κ1) is 25.3. The van der Waals surface area contributed by atoms with Crippen molar-refractivity contribution in [2.24, 2.45) is 40.4 Å². The lowest BCUT2D eigenvalue weighted by molar-refractivity contribution is -0.158. The number of halogens is 1. The van der Waals surface area contributed by atoms with Crippen LogP contribution in [0.15, 0.2) is 11.8 Å². The zero-order valence-electron chi connectivity index (χ0n) is 20.5. The maximum Gasteiger partial charge on any atom is 0.136 e. The molecule has 4 aliphatic carbocycles. The second-order valence-electron chi connectivity index (χ2n) is 11.7. The van der Waals surface area contributed by atoms with Gasteiger partial charge in [-0.25, -0.2) is 0 Å². The second kappa shape index (κ2) is 10.5. The van der Waals surface area contributed by atoms with E-state index in [1.54, 1.807) is 7.11 Å². The van der Waals surface area contributed by atoms with Crippen LogP contribution in [0, 0.1) is 40.4 Å². The van der Waals surface area contributed by atoms with Gasteiger partial charge in [-0.3, -0.25) is 4.79 Å². The van der Waals surface area contributed by atoms with Crippen LogP contribution in [-0.2, 0) is 13.7 Å². The van der Waals surface area contributed by atoms with E-state index in [0.29, 0.717) is 46.4 Å². The number of methoxy groups -OCH3 is 1. The first-order valence-corrected chi connectivity index (χ1v) is 16.4. The molecule has 5 heteroatoms. The van der Waals surface area contributed by atoms with Crippen LogP contribution in [0.2, 0.25) is 0 Å². The highest BCUT2D eigenvalue weighted by molar-refractivity contribution is 14.2. The fourth-order valence-electron chi connectivity index (χ4n) is 8.65. The molecule has 4 fully saturated rings. The van der Waals surface area contributed by atoms with Crippen molar-refractivity contribution in [3.63, 3.8) is 0 Å². The molecule has 0 radical (unpaired) electrons.